The molecule has 0 fully saturated rings. The Kier molecular flexibility index (Phi) is 5.07. The molecule has 100 valence electrons. The number of aliphatic hydroxyl groups is 1. The van der Waals surface area contributed by atoms with Gasteiger partial charge in [0, 0.05) is 19.2 Å². The molecule has 6 heteroatoms. The summed E-state index contributed by atoms with van der Waals surface area (Å²) >= 11 is 5.72. The van der Waals surface area contributed by atoms with Gasteiger partial charge in [0.25, 0.3) is 5.69 Å². The van der Waals surface area contributed by atoms with Crippen molar-refractivity contribution in [1.82, 2.24) is 5.32 Å². The highest BCUT2D eigenvalue weighted by Gasteiger charge is 2.17. The zero-order valence-electron chi connectivity index (χ0n) is 10.4. The van der Waals surface area contributed by atoms with Crippen LogP contribution in [0, 0.1) is 10.1 Å². The summed E-state index contributed by atoms with van der Waals surface area (Å²) in [6.45, 7) is 4.52. The third kappa shape index (κ3) is 4.25. The van der Waals surface area contributed by atoms with E-state index in [1.165, 1.54) is 12.1 Å². The standard InChI is InChI=1S/C12H17ClN2O3/c1-3-12(2,16)8-14-7-9-4-5-10(13)11(6-9)15(17)18/h4-6,14,16H,3,7-8H2,1-2H3. The minimum atomic E-state index is -0.766. The van der Waals surface area contributed by atoms with Crippen molar-refractivity contribution in [2.45, 2.75) is 32.4 Å². The summed E-state index contributed by atoms with van der Waals surface area (Å²) in [6.07, 6.45) is 0.640. The van der Waals surface area contributed by atoms with Crippen molar-refractivity contribution in [3.63, 3.8) is 0 Å². The normalized spacial score (nSPS) is 14.2. The second kappa shape index (κ2) is 6.13. The fourth-order valence-electron chi connectivity index (χ4n) is 1.41. The van der Waals surface area contributed by atoms with Crippen molar-refractivity contribution in [1.29, 1.82) is 0 Å². The maximum atomic E-state index is 10.7. The first-order valence-electron chi connectivity index (χ1n) is 5.71. The molecule has 0 aliphatic carbocycles. The van der Waals surface area contributed by atoms with E-state index in [0.29, 0.717) is 19.5 Å². The van der Waals surface area contributed by atoms with Crippen LogP contribution in [0.4, 0.5) is 5.69 Å². The smallest absolute Gasteiger partial charge is 0.288 e. The zero-order chi connectivity index (χ0) is 13.8. The number of nitrogens with zero attached hydrogens (tertiary/aromatic N) is 1. The molecule has 1 atom stereocenters. The molecule has 0 aliphatic rings. The van der Waals surface area contributed by atoms with E-state index < -0.39 is 10.5 Å². The Morgan fingerprint density at radius 3 is 2.78 bits per heavy atom. The fourth-order valence-corrected chi connectivity index (χ4v) is 1.60. The molecule has 2 N–H and O–H groups in total. The number of hydrogen-bond donors (Lipinski definition) is 2. The summed E-state index contributed by atoms with van der Waals surface area (Å²) in [7, 11) is 0. The van der Waals surface area contributed by atoms with Gasteiger partial charge in [-0.3, -0.25) is 10.1 Å². The van der Waals surface area contributed by atoms with Crippen molar-refractivity contribution in [3.8, 4) is 0 Å². The van der Waals surface area contributed by atoms with Crippen molar-refractivity contribution >= 4 is 17.3 Å². The van der Waals surface area contributed by atoms with Gasteiger partial charge in [0.1, 0.15) is 5.02 Å². The molecule has 1 aromatic rings. The fraction of sp³-hybridized carbons (Fsp3) is 0.500. The summed E-state index contributed by atoms with van der Waals surface area (Å²) in [5.41, 5.74) is -0.102. The van der Waals surface area contributed by atoms with Crippen LogP contribution in [0.2, 0.25) is 5.02 Å². The molecule has 5 nitrogen and oxygen atoms in total. The molecule has 0 aromatic heterocycles. The quantitative estimate of drug-likeness (QED) is 0.616. The monoisotopic (exact) mass is 272 g/mol. The number of nitro benzene ring substituents is 1. The lowest BCUT2D eigenvalue weighted by atomic mass is 10.0. The van der Waals surface area contributed by atoms with E-state index in [0.717, 1.165) is 5.56 Å². The van der Waals surface area contributed by atoms with Gasteiger partial charge in [-0.15, -0.1) is 0 Å². The van der Waals surface area contributed by atoms with E-state index in [1.807, 2.05) is 6.92 Å². The molecular formula is C12H17ClN2O3. The summed E-state index contributed by atoms with van der Waals surface area (Å²) in [5, 5.41) is 23.7. The number of rotatable bonds is 6. The molecule has 1 aromatic carbocycles. The number of nitro groups is 1. The van der Waals surface area contributed by atoms with Gasteiger partial charge in [-0.2, -0.15) is 0 Å². The van der Waals surface area contributed by atoms with Crippen LogP contribution in [-0.2, 0) is 6.54 Å². The average molecular weight is 273 g/mol. The average Bonchev–Trinajstić information content (AvgIpc) is 2.31. The number of hydrogen-bond acceptors (Lipinski definition) is 4. The van der Waals surface area contributed by atoms with E-state index in [2.05, 4.69) is 5.32 Å². The minimum absolute atomic E-state index is 0.0989. The molecule has 0 saturated carbocycles. The van der Waals surface area contributed by atoms with Gasteiger partial charge < -0.3 is 10.4 Å². The Morgan fingerprint density at radius 2 is 2.22 bits per heavy atom. The molecule has 0 radical (unpaired) electrons. The van der Waals surface area contributed by atoms with Gasteiger partial charge in [0.2, 0.25) is 0 Å². The van der Waals surface area contributed by atoms with Gasteiger partial charge in [-0.05, 0) is 25.0 Å². The molecule has 1 unspecified atom stereocenters. The molecule has 0 bridgehead atoms. The van der Waals surface area contributed by atoms with Gasteiger partial charge >= 0.3 is 0 Å². The first-order valence-corrected chi connectivity index (χ1v) is 6.09. The van der Waals surface area contributed by atoms with Crippen molar-refractivity contribution in [2.24, 2.45) is 0 Å². The molecular weight excluding hydrogens is 256 g/mol. The molecule has 0 spiro atoms. The van der Waals surface area contributed by atoms with Crippen LogP contribution in [0.3, 0.4) is 0 Å². The summed E-state index contributed by atoms with van der Waals surface area (Å²) in [5.74, 6) is 0. The topological polar surface area (TPSA) is 75.4 Å². The van der Waals surface area contributed by atoms with Crippen LogP contribution in [0.25, 0.3) is 0 Å². The van der Waals surface area contributed by atoms with Crippen LogP contribution < -0.4 is 5.32 Å². The molecule has 1 rings (SSSR count). The van der Waals surface area contributed by atoms with Crippen molar-refractivity contribution < 1.29 is 10.0 Å². The Labute approximate surface area is 111 Å². The first-order chi connectivity index (χ1) is 8.35. The van der Waals surface area contributed by atoms with E-state index >= 15 is 0 Å². The van der Waals surface area contributed by atoms with Crippen LogP contribution in [-0.4, -0.2) is 22.2 Å². The van der Waals surface area contributed by atoms with E-state index in [4.69, 9.17) is 11.6 Å². The second-order valence-electron chi connectivity index (χ2n) is 4.50. The number of benzene rings is 1. The maximum absolute atomic E-state index is 10.7. The lowest BCUT2D eigenvalue weighted by Gasteiger charge is -2.21. The number of nitrogens with one attached hydrogen (secondary N) is 1. The highest BCUT2D eigenvalue weighted by molar-refractivity contribution is 6.32. The SMILES string of the molecule is CCC(C)(O)CNCc1ccc(Cl)c([N+](=O)[O-])c1. The highest BCUT2D eigenvalue weighted by Crippen LogP contribution is 2.24. The van der Waals surface area contributed by atoms with Gasteiger partial charge in [0.05, 0.1) is 10.5 Å². The lowest BCUT2D eigenvalue weighted by molar-refractivity contribution is -0.384. The third-order valence-electron chi connectivity index (χ3n) is 2.80. The Hall–Kier alpha value is -1.17. The van der Waals surface area contributed by atoms with Crippen molar-refractivity contribution in [3.05, 3.63) is 38.9 Å². The van der Waals surface area contributed by atoms with Crippen LogP contribution in [0.15, 0.2) is 18.2 Å². The zero-order valence-corrected chi connectivity index (χ0v) is 11.2. The predicted molar refractivity (Wildman–Crippen MR) is 70.7 cm³/mol. The molecule has 18 heavy (non-hydrogen) atoms. The Bertz CT molecular complexity index is 435. The summed E-state index contributed by atoms with van der Waals surface area (Å²) in [4.78, 5) is 10.2. The Morgan fingerprint density at radius 1 is 1.56 bits per heavy atom. The summed E-state index contributed by atoms with van der Waals surface area (Å²) < 4.78 is 0. The maximum Gasteiger partial charge on any atom is 0.288 e. The van der Waals surface area contributed by atoms with Gasteiger partial charge in [-0.1, -0.05) is 24.6 Å². The van der Waals surface area contributed by atoms with Crippen molar-refractivity contribution in [2.75, 3.05) is 6.54 Å². The van der Waals surface area contributed by atoms with E-state index in [1.54, 1.807) is 13.0 Å². The van der Waals surface area contributed by atoms with Crippen LogP contribution in [0.1, 0.15) is 25.8 Å². The third-order valence-corrected chi connectivity index (χ3v) is 3.12. The van der Waals surface area contributed by atoms with E-state index in [9.17, 15) is 15.2 Å². The molecule has 0 aliphatic heterocycles. The largest absolute Gasteiger partial charge is 0.389 e. The molecule has 0 amide bonds. The number of halogens is 1. The second-order valence-corrected chi connectivity index (χ2v) is 4.90. The van der Waals surface area contributed by atoms with Crippen LogP contribution in [0.5, 0.6) is 0 Å². The lowest BCUT2D eigenvalue weighted by Crippen LogP contribution is -2.36. The predicted octanol–water partition coefficient (Wildman–Crippen LogP) is 2.50. The van der Waals surface area contributed by atoms with Gasteiger partial charge in [-0.25, -0.2) is 0 Å². The molecule has 0 heterocycles. The van der Waals surface area contributed by atoms with E-state index in [-0.39, 0.29) is 10.7 Å². The minimum Gasteiger partial charge on any atom is -0.389 e. The highest BCUT2D eigenvalue weighted by atomic mass is 35.5. The molecule has 0 saturated heterocycles. The first kappa shape index (κ1) is 14.9. The Balaban J connectivity index is 2.64. The summed E-state index contributed by atoms with van der Waals surface area (Å²) in [6, 6.07) is 4.67. The van der Waals surface area contributed by atoms with Gasteiger partial charge in [0.15, 0.2) is 0 Å². The van der Waals surface area contributed by atoms with Crippen LogP contribution >= 0.6 is 11.6 Å².